The average molecular weight is 483 g/mol. The molecular weight excluding hydrogens is 452 g/mol. The third kappa shape index (κ3) is 5.60. The van der Waals surface area contributed by atoms with Crippen LogP contribution in [0.1, 0.15) is 41.6 Å². The highest BCUT2D eigenvalue weighted by atomic mass is 19.4. The number of amides is 1. The fourth-order valence-electron chi connectivity index (χ4n) is 4.98. The first-order chi connectivity index (χ1) is 16.0. The van der Waals surface area contributed by atoms with E-state index in [2.05, 4.69) is 10.4 Å². The molecule has 1 amide bonds. The van der Waals surface area contributed by atoms with Gasteiger partial charge in [-0.25, -0.2) is 4.39 Å². The van der Waals surface area contributed by atoms with Gasteiger partial charge in [0.1, 0.15) is 5.67 Å². The van der Waals surface area contributed by atoms with E-state index in [-0.39, 0.29) is 36.9 Å². The number of rotatable bonds is 7. The quantitative estimate of drug-likeness (QED) is 0.596. The summed E-state index contributed by atoms with van der Waals surface area (Å²) >= 11 is 0. The molecule has 1 aromatic carbocycles. The zero-order valence-corrected chi connectivity index (χ0v) is 19.1. The van der Waals surface area contributed by atoms with Crippen molar-refractivity contribution in [2.75, 3.05) is 26.2 Å². The SMILES string of the molecule is Cn1cc2c(n1)CCC(C(=O)NCC[C@@H](O)CN1CCC(F)(c3cccc(C(F)(F)F)c3)C1)C2. The van der Waals surface area contributed by atoms with Crippen LogP contribution in [0.3, 0.4) is 0 Å². The largest absolute Gasteiger partial charge is 0.416 e. The molecule has 4 rings (SSSR count). The lowest BCUT2D eigenvalue weighted by Crippen LogP contribution is -2.38. The normalized spacial score (nSPS) is 24.1. The van der Waals surface area contributed by atoms with Crippen molar-refractivity contribution in [2.24, 2.45) is 13.0 Å². The molecule has 1 saturated heterocycles. The van der Waals surface area contributed by atoms with E-state index in [1.54, 1.807) is 9.58 Å². The topological polar surface area (TPSA) is 70.4 Å². The molecule has 0 spiro atoms. The molecule has 186 valence electrons. The van der Waals surface area contributed by atoms with Gasteiger partial charge < -0.3 is 10.4 Å². The molecule has 0 radical (unpaired) electrons. The van der Waals surface area contributed by atoms with Crippen molar-refractivity contribution in [1.82, 2.24) is 20.0 Å². The van der Waals surface area contributed by atoms with E-state index in [1.807, 2.05) is 13.2 Å². The van der Waals surface area contributed by atoms with Crippen molar-refractivity contribution >= 4 is 5.91 Å². The van der Waals surface area contributed by atoms with Crippen molar-refractivity contribution in [3.8, 4) is 0 Å². The van der Waals surface area contributed by atoms with Crippen molar-refractivity contribution in [3.05, 3.63) is 52.8 Å². The standard InChI is InChI=1S/C24H30F4N4O2/c1-31-13-17-11-16(5-6-21(17)30-31)22(34)29-9-7-20(33)14-32-10-8-23(25,15-32)18-3-2-4-19(12-18)24(26,27)28/h2-4,12-13,16,20,33H,5-11,14-15H2,1H3,(H,29,34)/t16?,20-,23?/m1/s1. The summed E-state index contributed by atoms with van der Waals surface area (Å²) in [6, 6.07) is 4.40. The Balaban J connectivity index is 1.22. The Morgan fingerprint density at radius 3 is 2.94 bits per heavy atom. The van der Waals surface area contributed by atoms with E-state index in [4.69, 9.17) is 0 Å². The average Bonchev–Trinajstić information content (AvgIpc) is 3.34. The van der Waals surface area contributed by atoms with E-state index in [9.17, 15) is 23.1 Å². The van der Waals surface area contributed by atoms with Gasteiger partial charge in [0.2, 0.25) is 5.91 Å². The van der Waals surface area contributed by atoms with E-state index >= 15 is 4.39 Å². The van der Waals surface area contributed by atoms with Crippen LogP contribution in [0, 0.1) is 5.92 Å². The van der Waals surface area contributed by atoms with Gasteiger partial charge in [0.05, 0.1) is 17.4 Å². The second-order valence-electron chi connectivity index (χ2n) is 9.48. The molecule has 2 N–H and O–H groups in total. The molecule has 3 atom stereocenters. The van der Waals surface area contributed by atoms with Gasteiger partial charge in [-0.3, -0.25) is 14.4 Å². The van der Waals surface area contributed by atoms with Crippen LogP contribution in [0.25, 0.3) is 0 Å². The lowest BCUT2D eigenvalue weighted by molar-refractivity contribution is -0.137. The maximum atomic E-state index is 15.4. The van der Waals surface area contributed by atoms with Gasteiger partial charge in [-0.15, -0.1) is 0 Å². The number of aliphatic hydroxyl groups excluding tert-OH is 1. The number of carbonyl (C=O) groups excluding carboxylic acids is 1. The van der Waals surface area contributed by atoms with E-state index in [1.165, 1.54) is 12.1 Å². The Morgan fingerprint density at radius 2 is 2.18 bits per heavy atom. The van der Waals surface area contributed by atoms with Crippen molar-refractivity contribution in [2.45, 2.75) is 50.1 Å². The zero-order chi connectivity index (χ0) is 24.5. The number of halogens is 4. The number of nitrogens with one attached hydrogen (secondary N) is 1. The second-order valence-corrected chi connectivity index (χ2v) is 9.48. The number of fused-ring (bicyclic) bond motifs is 1. The summed E-state index contributed by atoms with van der Waals surface area (Å²) in [5, 5.41) is 17.7. The number of aryl methyl sites for hydroxylation is 2. The molecule has 0 saturated carbocycles. The fourth-order valence-corrected chi connectivity index (χ4v) is 4.98. The molecule has 1 fully saturated rings. The lowest BCUT2D eigenvalue weighted by Gasteiger charge is -2.24. The number of β-amino-alcohol motifs (C(OH)–C–C–N with tert-alkyl or cyclic N) is 1. The predicted molar refractivity (Wildman–Crippen MR) is 118 cm³/mol. The smallest absolute Gasteiger partial charge is 0.392 e. The molecule has 2 aliphatic rings. The zero-order valence-electron chi connectivity index (χ0n) is 19.1. The highest BCUT2D eigenvalue weighted by Crippen LogP contribution is 2.39. The summed E-state index contributed by atoms with van der Waals surface area (Å²) in [5.74, 6) is -0.165. The number of alkyl halides is 4. The first-order valence-electron chi connectivity index (χ1n) is 11.6. The lowest BCUT2D eigenvalue weighted by atomic mass is 9.87. The van der Waals surface area contributed by atoms with Crippen LogP contribution in [0.5, 0.6) is 0 Å². The minimum atomic E-state index is -4.52. The van der Waals surface area contributed by atoms with Gasteiger partial charge in [-0.05, 0) is 55.4 Å². The maximum absolute atomic E-state index is 15.4. The van der Waals surface area contributed by atoms with Gasteiger partial charge in [0.15, 0.2) is 0 Å². The molecule has 2 aromatic rings. The molecule has 2 heterocycles. The number of hydrogen-bond acceptors (Lipinski definition) is 4. The minimum Gasteiger partial charge on any atom is -0.392 e. The van der Waals surface area contributed by atoms with Crippen LogP contribution in [0.4, 0.5) is 17.6 Å². The molecule has 1 aliphatic carbocycles. The van der Waals surface area contributed by atoms with Crippen LogP contribution < -0.4 is 5.32 Å². The molecule has 0 bridgehead atoms. The van der Waals surface area contributed by atoms with Crippen LogP contribution >= 0.6 is 0 Å². The predicted octanol–water partition coefficient (Wildman–Crippen LogP) is 2.98. The highest BCUT2D eigenvalue weighted by molar-refractivity contribution is 5.79. The van der Waals surface area contributed by atoms with Crippen LogP contribution in [0.2, 0.25) is 0 Å². The van der Waals surface area contributed by atoms with Crippen molar-refractivity contribution < 1.29 is 27.5 Å². The number of hydrogen-bond donors (Lipinski definition) is 2. The monoisotopic (exact) mass is 482 g/mol. The number of aromatic nitrogens is 2. The fraction of sp³-hybridized carbons (Fsp3) is 0.583. The molecule has 1 aromatic heterocycles. The number of likely N-dealkylation sites (tertiary alicyclic amines) is 1. The van der Waals surface area contributed by atoms with Crippen molar-refractivity contribution in [1.29, 1.82) is 0 Å². The molecule has 10 heteroatoms. The van der Waals surface area contributed by atoms with E-state index in [0.717, 1.165) is 36.2 Å². The first-order valence-corrected chi connectivity index (χ1v) is 11.6. The Kier molecular flexibility index (Phi) is 7.00. The minimum absolute atomic E-state index is 0.0100. The Bertz CT molecular complexity index is 1020. The summed E-state index contributed by atoms with van der Waals surface area (Å²) in [6.45, 7) is 0.764. The molecule has 6 nitrogen and oxygen atoms in total. The number of aliphatic hydroxyl groups is 1. The molecule has 2 unspecified atom stereocenters. The van der Waals surface area contributed by atoms with Crippen LogP contribution in [-0.4, -0.2) is 58.0 Å². The number of carbonyl (C=O) groups is 1. The van der Waals surface area contributed by atoms with Crippen LogP contribution in [-0.2, 0) is 36.5 Å². The van der Waals surface area contributed by atoms with E-state index < -0.39 is 23.5 Å². The summed E-state index contributed by atoms with van der Waals surface area (Å²) in [6.07, 6.45) is -0.823. The van der Waals surface area contributed by atoms with Gasteiger partial charge in [0.25, 0.3) is 0 Å². The second kappa shape index (κ2) is 9.65. The van der Waals surface area contributed by atoms with Gasteiger partial charge >= 0.3 is 6.18 Å². The number of nitrogens with zero attached hydrogens (tertiary/aromatic N) is 3. The summed E-state index contributed by atoms with van der Waals surface area (Å²) < 4.78 is 56.2. The van der Waals surface area contributed by atoms with Gasteiger partial charge in [-0.2, -0.15) is 18.3 Å². The third-order valence-electron chi connectivity index (χ3n) is 6.81. The first kappa shape index (κ1) is 24.7. The Labute approximate surface area is 195 Å². The van der Waals surface area contributed by atoms with E-state index in [0.29, 0.717) is 25.9 Å². The molecule has 1 aliphatic heterocycles. The maximum Gasteiger partial charge on any atom is 0.416 e. The molecular formula is C24H30F4N4O2. The van der Waals surface area contributed by atoms with Gasteiger partial charge in [0, 0.05) is 45.3 Å². The van der Waals surface area contributed by atoms with Crippen LogP contribution in [0.15, 0.2) is 30.5 Å². The number of benzene rings is 1. The third-order valence-corrected chi connectivity index (χ3v) is 6.81. The highest BCUT2D eigenvalue weighted by Gasteiger charge is 2.41. The summed E-state index contributed by atoms with van der Waals surface area (Å²) in [4.78, 5) is 14.2. The van der Waals surface area contributed by atoms with Gasteiger partial charge in [-0.1, -0.05) is 12.1 Å². The molecule has 34 heavy (non-hydrogen) atoms. The Hall–Kier alpha value is -2.46. The Morgan fingerprint density at radius 1 is 1.38 bits per heavy atom. The summed E-state index contributed by atoms with van der Waals surface area (Å²) in [5.41, 5.74) is -0.605. The van der Waals surface area contributed by atoms with Crippen molar-refractivity contribution in [3.63, 3.8) is 0 Å². The summed E-state index contributed by atoms with van der Waals surface area (Å²) in [7, 11) is 1.86.